The number of hydrogen-bond donors (Lipinski definition) is 1. The van der Waals surface area contributed by atoms with Crippen molar-refractivity contribution in [3.63, 3.8) is 0 Å². The number of quaternary nitrogens is 1. The van der Waals surface area contributed by atoms with E-state index in [1.165, 1.54) is 37.9 Å². The van der Waals surface area contributed by atoms with Gasteiger partial charge in [-0.05, 0) is 37.7 Å². The third-order valence-corrected chi connectivity index (χ3v) is 3.91. The molecule has 1 aliphatic rings. The number of ether oxygens (including phenoxy) is 2. The van der Waals surface area contributed by atoms with E-state index in [0.717, 1.165) is 6.54 Å². The van der Waals surface area contributed by atoms with Gasteiger partial charge in [0.1, 0.15) is 12.6 Å². The Morgan fingerprint density at radius 3 is 2.64 bits per heavy atom. The standard InChI is InChI=1S/C19H27NO2/c1-18(9-8-14-20-12-6-3-7-13-20)22-16-15-21-17-19-10-4-2-5-11-19/h2,4-5,10-11,18H,3,6-7,12-17H2,1H3/p+1/t18-/m0/s1. The van der Waals surface area contributed by atoms with E-state index in [0.29, 0.717) is 19.8 Å². The van der Waals surface area contributed by atoms with E-state index in [-0.39, 0.29) is 6.10 Å². The molecule has 3 nitrogen and oxygen atoms in total. The third-order valence-electron chi connectivity index (χ3n) is 3.91. The molecule has 1 N–H and O–H groups in total. The molecule has 0 saturated carbocycles. The first-order valence-electron chi connectivity index (χ1n) is 8.40. The van der Waals surface area contributed by atoms with Crippen molar-refractivity contribution < 1.29 is 14.4 Å². The van der Waals surface area contributed by atoms with Crippen molar-refractivity contribution in [3.05, 3.63) is 35.9 Å². The summed E-state index contributed by atoms with van der Waals surface area (Å²) in [7, 11) is 0. The molecular formula is C19H28NO2+. The summed E-state index contributed by atoms with van der Waals surface area (Å²) in [6.07, 6.45) is 4.08. The van der Waals surface area contributed by atoms with E-state index in [1.54, 1.807) is 4.90 Å². The highest BCUT2D eigenvalue weighted by Gasteiger charge is 2.11. The number of rotatable bonds is 7. The van der Waals surface area contributed by atoms with Gasteiger partial charge in [-0.15, -0.1) is 0 Å². The second kappa shape index (κ2) is 10.4. The number of benzene rings is 1. The number of likely N-dealkylation sites (tertiary alicyclic amines) is 1. The van der Waals surface area contributed by atoms with Gasteiger partial charge in [0.05, 0.1) is 32.9 Å². The molecule has 0 unspecified atom stereocenters. The first-order chi connectivity index (χ1) is 10.8. The highest BCUT2D eigenvalue weighted by molar-refractivity contribution is 5.13. The Kier molecular flexibility index (Phi) is 8.04. The Bertz CT molecular complexity index is 457. The second-order valence-corrected chi connectivity index (χ2v) is 5.86. The monoisotopic (exact) mass is 302 g/mol. The molecule has 0 amide bonds. The lowest BCUT2D eigenvalue weighted by Crippen LogP contribution is -3.12. The molecule has 1 aromatic rings. The molecule has 1 fully saturated rings. The van der Waals surface area contributed by atoms with Gasteiger partial charge < -0.3 is 14.4 Å². The molecule has 1 atom stereocenters. The lowest BCUT2D eigenvalue weighted by Gasteiger charge is -2.21. The minimum Gasteiger partial charge on any atom is -0.374 e. The number of nitrogens with one attached hydrogen (secondary N) is 1. The summed E-state index contributed by atoms with van der Waals surface area (Å²) in [5, 5.41) is 0. The van der Waals surface area contributed by atoms with Crippen molar-refractivity contribution in [1.82, 2.24) is 0 Å². The van der Waals surface area contributed by atoms with Crippen molar-refractivity contribution in [3.8, 4) is 11.8 Å². The summed E-state index contributed by atoms with van der Waals surface area (Å²) in [5.74, 6) is 6.46. The number of piperidine rings is 1. The average molecular weight is 302 g/mol. The van der Waals surface area contributed by atoms with Crippen LogP contribution in [0.25, 0.3) is 0 Å². The molecule has 1 aromatic carbocycles. The van der Waals surface area contributed by atoms with Crippen molar-refractivity contribution in [2.24, 2.45) is 0 Å². The van der Waals surface area contributed by atoms with E-state index in [4.69, 9.17) is 9.47 Å². The van der Waals surface area contributed by atoms with Gasteiger partial charge in [0.2, 0.25) is 0 Å². The highest BCUT2D eigenvalue weighted by Crippen LogP contribution is 2.00. The quantitative estimate of drug-likeness (QED) is 0.612. The van der Waals surface area contributed by atoms with Crippen LogP contribution in [0.15, 0.2) is 30.3 Å². The maximum Gasteiger partial charge on any atom is 0.139 e. The van der Waals surface area contributed by atoms with Gasteiger partial charge in [-0.2, -0.15) is 0 Å². The molecular weight excluding hydrogens is 274 g/mol. The van der Waals surface area contributed by atoms with E-state index >= 15 is 0 Å². The number of hydrogen-bond acceptors (Lipinski definition) is 2. The Hall–Kier alpha value is -1.34. The fourth-order valence-electron chi connectivity index (χ4n) is 2.64. The lowest BCUT2D eigenvalue weighted by molar-refractivity contribution is -0.897. The normalized spacial score (nSPS) is 16.8. The van der Waals surface area contributed by atoms with Crippen LogP contribution < -0.4 is 4.90 Å². The van der Waals surface area contributed by atoms with Gasteiger partial charge in [0.25, 0.3) is 0 Å². The molecule has 22 heavy (non-hydrogen) atoms. The Labute approximate surface area is 134 Å². The smallest absolute Gasteiger partial charge is 0.139 e. The van der Waals surface area contributed by atoms with Gasteiger partial charge in [0.15, 0.2) is 0 Å². The summed E-state index contributed by atoms with van der Waals surface area (Å²) in [6, 6.07) is 10.2. The third kappa shape index (κ3) is 7.09. The predicted octanol–water partition coefficient (Wildman–Crippen LogP) is 1.68. The molecule has 1 saturated heterocycles. The minimum absolute atomic E-state index is 0.00971. The largest absolute Gasteiger partial charge is 0.374 e. The fraction of sp³-hybridized carbons (Fsp3) is 0.579. The Morgan fingerprint density at radius 1 is 1.09 bits per heavy atom. The summed E-state index contributed by atoms with van der Waals surface area (Å²) >= 11 is 0. The molecule has 0 radical (unpaired) electrons. The van der Waals surface area contributed by atoms with Crippen molar-refractivity contribution in [1.29, 1.82) is 0 Å². The van der Waals surface area contributed by atoms with Crippen LogP contribution in [0, 0.1) is 11.8 Å². The highest BCUT2D eigenvalue weighted by atomic mass is 16.5. The van der Waals surface area contributed by atoms with Crippen LogP contribution in [-0.2, 0) is 16.1 Å². The fourth-order valence-corrected chi connectivity index (χ4v) is 2.64. The van der Waals surface area contributed by atoms with Gasteiger partial charge in [-0.3, -0.25) is 0 Å². The maximum atomic E-state index is 5.66. The predicted molar refractivity (Wildman–Crippen MR) is 88.7 cm³/mol. The summed E-state index contributed by atoms with van der Waals surface area (Å²) in [6.45, 7) is 7.36. The van der Waals surface area contributed by atoms with E-state index in [9.17, 15) is 0 Å². The van der Waals surface area contributed by atoms with Gasteiger partial charge >= 0.3 is 0 Å². The molecule has 0 aromatic heterocycles. The van der Waals surface area contributed by atoms with Crippen LogP contribution in [-0.4, -0.2) is 39.0 Å². The summed E-state index contributed by atoms with van der Waals surface area (Å²) in [5.41, 5.74) is 1.19. The van der Waals surface area contributed by atoms with Crippen LogP contribution in [0.1, 0.15) is 31.7 Å². The molecule has 2 rings (SSSR count). The maximum absolute atomic E-state index is 5.66. The van der Waals surface area contributed by atoms with Crippen molar-refractivity contribution in [2.45, 2.75) is 38.9 Å². The first-order valence-corrected chi connectivity index (χ1v) is 8.40. The van der Waals surface area contributed by atoms with Crippen LogP contribution in [0.5, 0.6) is 0 Å². The zero-order valence-corrected chi connectivity index (χ0v) is 13.6. The first kappa shape index (κ1) is 17.0. The Balaban J connectivity index is 1.51. The molecule has 1 aliphatic heterocycles. The minimum atomic E-state index is -0.00971. The molecule has 0 spiro atoms. The molecule has 0 aliphatic carbocycles. The lowest BCUT2D eigenvalue weighted by atomic mass is 10.1. The van der Waals surface area contributed by atoms with E-state index in [1.807, 2.05) is 25.1 Å². The van der Waals surface area contributed by atoms with Gasteiger partial charge in [-0.25, -0.2) is 0 Å². The van der Waals surface area contributed by atoms with Crippen LogP contribution in [0.2, 0.25) is 0 Å². The Morgan fingerprint density at radius 2 is 1.86 bits per heavy atom. The zero-order valence-electron chi connectivity index (χ0n) is 13.6. The summed E-state index contributed by atoms with van der Waals surface area (Å²) < 4.78 is 11.3. The van der Waals surface area contributed by atoms with E-state index in [2.05, 4.69) is 24.0 Å². The van der Waals surface area contributed by atoms with Crippen molar-refractivity contribution >= 4 is 0 Å². The zero-order chi connectivity index (χ0) is 15.5. The summed E-state index contributed by atoms with van der Waals surface area (Å²) in [4.78, 5) is 1.62. The SMILES string of the molecule is C[C@@H](C#CC[NH+]1CCCCC1)OCCOCc1ccccc1. The van der Waals surface area contributed by atoms with Crippen LogP contribution >= 0.6 is 0 Å². The van der Waals surface area contributed by atoms with Crippen LogP contribution in [0.4, 0.5) is 0 Å². The average Bonchev–Trinajstić information content (AvgIpc) is 2.56. The topological polar surface area (TPSA) is 22.9 Å². The van der Waals surface area contributed by atoms with Crippen LogP contribution in [0.3, 0.4) is 0 Å². The van der Waals surface area contributed by atoms with Gasteiger partial charge in [0, 0.05) is 0 Å². The van der Waals surface area contributed by atoms with Gasteiger partial charge in [-0.1, -0.05) is 36.3 Å². The molecule has 1 heterocycles. The molecule has 0 bridgehead atoms. The molecule has 120 valence electrons. The van der Waals surface area contributed by atoms with E-state index < -0.39 is 0 Å². The van der Waals surface area contributed by atoms with Crippen molar-refractivity contribution in [2.75, 3.05) is 32.8 Å². The second-order valence-electron chi connectivity index (χ2n) is 5.86. The molecule has 3 heteroatoms.